The molecular weight excluding hydrogens is 384 g/mol. The van der Waals surface area contributed by atoms with Gasteiger partial charge in [0.2, 0.25) is 5.91 Å². The third kappa shape index (κ3) is 23.2. The maximum Gasteiger partial charge on any atom is 0.321 e. The average molecular weight is 431 g/mol. The van der Waals surface area contributed by atoms with Crippen molar-refractivity contribution in [3.05, 3.63) is 0 Å². The van der Waals surface area contributed by atoms with Crippen LogP contribution >= 0.6 is 0 Å². The number of unbranched alkanes of at least 4 members (excludes halogenated alkanes) is 14. The van der Waals surface area contributed by atoms with Crippen molar-refractivity contribution in [3.63, 3.8) is 0 Å². The first-order valence-corrected chi connectivity index (χ1v) is 13.7. The van der Waals surface area contributed by atoms with Gasteiger partial charge in [-0.2, -0.15) is 0 Å². The number of urea groups is 1. The van der Waals surface area contributed by atoms with Gasteiger partial charge < -0.3 is 5.32 Å². The molecule has 0 aromatic rings. The van der Waals surface area contributed by atoms with Gasteiger partial charge in [-0.15, -0.1) is 0 Å². The third-order valence-electron chi connectivity index (χ3n) is 5.15. The van der Waals surface area contributed by atoms with Crippen LogP contribution in [0.3, 0.4) is 0 Å². The van der Waals surface area contributed by atoms with E-state index in [0.717, 1.165) is 50.7 Å². The normalized spacial score (nSPS) is 11.9. The Balaban J connectivity index is 3.34. The van der Waals surface area contributed by atoms with E-state index < -0.39 is 10.8 Å². The van der Waals surface area contributed by atoms with Gasteiger partial charge in [0.15, 0.2) is 0 Å². The lowest BCUT2D eigenvalue weighted by atomic mass is 10.1. The van der Waals surface area contributed by atoms with Crippen LogP contribution in [0.1, 0.15) is 116 Å². The molecule has 0 aliphatic carbocycles. The average Bonchev–Trinajstić information content (AvgIpc) is 2.67. The number of hydrogen-bond donors (Lipinski definition) is 2. The van der Waals surface area contributed by atoms with Crippen LogP contribution in [0.25, 0.3) is 0 Å². The first-order chi connectivity index (χ1) is 14.1. The summed E-state index contributed by atoms with van der Waals surface area (Å²) in [4.78, 5) is 23.5. The molecule has 0 rings (SSSR count). The SMILES string of the molecule is CCCCCCCCCCNC(=O)NC(=O)CCCCCCCCCCS(C)=O. The minimum atomic E-state index is -0.658. The Bertz CT molecular complexity index is 430. The van der Waals surface area contributed by atoms with Gasteiger partial charge in [-0.3, -0.25) is 14.3 Å². The fourth-order valence-electron chi connectivity index (χ4n) is 3.35. The van der Waals surface area contributed by atoms with Crippen molar-refractivity contribution < 1.29 is 13.8 Å². The smallest absolute Gasteiger partial charge is 0.321 e. The topological polar surface area (TPSA) is 75.3 Å². The van der Waals surface area contributed by atoms with Crippen molar-refractivity contribution >= 4 is 22.7 Å². The first kappa shape index (κ1) is 28.1. The number of imide groups is 1. The molecule has 0 radical (unpaired) electrons. The van der Waals surface area contributed by atoms with Crippen LogP contribution < -0.4 is 10.6 Å². The maximum atomic E-state index is 11.8. The largest absolute Gasteiger partial charge is 0.338 e. The van der Waals surface area contributed by atoms with Crippen LogP contribution in [-0.4, -0.2) is 34.7 Å². The second kappa shape index (κ2) is 21.8. The van der Waals surface area contributed by atoms with E-state index in [-0.39, 0.29) is 11.9 Å². The highest BCUT2D eigenvalue weighted by molar-refractivity contribution is 7.84. The zero-order valence-electron chi connectivity index (χ0n) is 19.1. The quantitative estimate of drug-likeness (QED) is 0.238. The summed E-state index contributed by atoms with van der Waals surface area (Å²) >= 11 is 0. The van der Waals surface area contributed by atoms with Crippen molar-refractivity contribution in [2.24, 2.45) is 0 Å². The molecule has 0 saturated heterocycles. The molecule has 0 fully saturated rings. The molecule has 0 aromatic heterocycles. The Kier molecular flexibility index (Phi) is 21.1. The Morgan fingerprint density at radius 3 is 1.72 bits per heavy atom. The summed E-state index contributed by atoms with van der Waals surface area (Å²) in [7, 11) is -0.658. The monoisotopic (exact) mass is 430 g/mol. The number of amides is 3. The second-order valence-electron chi connectivity index (χ2n) is 8.13. The minimum absolute atomic E-state index is 0.175. The standard InChI is InChI=1S/C23H46N2O3S/c1-3-4-5-6-7-11-14-17-20-24-23(27)25-22(26)19-16-13-10-8-9-12-15-18-21-29(2)28/h3-21H2,1-2H3,(H2,24,25,26,27). The molecule has 0 bridgehead atoms. The van der Waals surface area contributed by atoms with Crippen LogP contribution in [0.5, 0.6) is 0 Å². The Morgan fingerprint density at radius 2 is 1.17 bits per heavy atom. The molecule has 0 aromatic carbocycles. The zero-order valence-corrected chi connectivity index (χ0v) is 19.9. The van der Waals surface area contributed by atoms with E-state index in [1.165, 1.54) is 57.8 Å². The van der Waals surface area contributed by atoms with Crippen LogP contribution in [-0.2, 0) is 15.6 Å². The zero-order chi connectivity index (χ0) is 21.6. The molecule has 1 unspecified atom stereocenters. The number of carbonyl (C=O) groups excluding carboxylic acids is 2. The van der Waals surface area contributed by atoms with Gasteiger partial charge in [0, 0.05) is 35.8 Å². The predicted octanol–water partition coefficient (Wildman–Crippen LogP) is 5.84. The summed E-state index contributed by atoms with van der Waals surface area (Å²) in [5.74, 6) is 0.646. The molecular formula is C23H46N2O3S. The molecule has 2 N–H and O–H groups in total. The Morgan fingerprint density at radius 1 is 0.690 bits per heavy atom. The molecule has 0 spiro atoms. The lowest BCUT2D eigenvalue weighted by Crippen LogP contribution is -2.39. The molecule has 1 atom stereocenters. The maximum absolute atomic E-state index is 11.8. The van der Waals surface area contributed by atoms with Crippen molar-refractivity contribution in [2.75, 3.05) is 18.6 Å². The van der Waals surface area contributed by atoms with E-state index in [4.69, 9.17) is 0 Å². The van der Waals surface area contributed by atoms with Crippen LogP contribution in [0.4, 0.5) is 4.79 Å². The Hall–Kier alpha value is -0.910. The minimum Gasteiger partial charge on any atom is -0.338 e. The van der Waals surface area contributed by atoms with E-state index in [0.29, 0.717) is 13.0 Å². The summed E-state index contributed by atoms with van der Waals surface area (Å²) in [6.45, 7) is 2.87. The van der Waals surface area contributed by atoms with Crippen molar-refractivity contribution in [2.45, 2.75) is 116 Å². The van der Waals surface area contributed by atoms with E-state index in [2.05, 4.69) is 17.6 Å². The van der Waals surface area contributed by atoms with Gasteiger partial charge >= 0.3 is 6.03 Å². The van der Waals surface area contributed by atoms with E-state index in [1.54, 1.807) is 6.26 Å². The Labute approximate surface area is 182 Å². The van der Waals surface area contributed by atoms with Gasteiger partial charge in [-0.25, -0.2) is 4.79 Å². The second-order valence-corrected chi connectivity index (χ2v) is 9.69. The molecule has 0 heterocycles. The molecule has 3 amide bonds. The van der Waals surface area contributed by atoms with Gasteiger partial charge in [0.25, 0.3) is 0 Å². The van der Waals surface area contributed by atoms with Crippen LogP contribution in [0, 0.1) is 0 Å². The number of carbonyl (C=O) groups is 2. The van der Waals surface area contributed by atoms with Gasteiger partial charge in [-0.05, 0) is 19.3 Å². The van der Waals surface area contributed by atoms with Crippen molar-refractivity contribution in [1.82, 2.24) is 10.6 Å². The van der Waals surface area contributed by atoms with Crippen molar-refractivity contribution in [1.29, 1.82) is 0 Å². The van der Waals surface area contributed by atoms with Crippen molar-refractivity contribution in [3.8, 4) is 0 Å². The summed E-state index contributed by atoms with van der Waals surface area (Å²) in [6, 6.07) is -0.356. The van der Waals surface area contributed by atoms with E-state index in [1.807, 2.05) is 0 Å². The van der Waals surface area contributed by atoms with Crippen LogP contribution in [0.15, 0.2) is 0 Å². The van der Waals surface area contributed by atoms with E-state index >= 15 is 0 Å². The lowest BCUT2D eigenvalue weighted by Gasteiger charge is -2.07. The predicted molar refractivity (Wildman–Crippen MR) is 125 cm³/mol. The number of hydrogen-bond acceptors (Lipinski definition) is 3. The summed E-state index contributed by atoms with van der Waals surface area (Å²) in [6.07, 6.45) is 20.9. The fourth-order valence-corrected chi connectivity index (χ4v) is 3.96. The first-order valence-electron chi connectivity index (χ1n) is 11.9. The number of nitrogens with one attached hydrogen (secondary N) is 2. The fraction of sp³-hybridized carbons (Fsp3) is 0.913. The molecule has 29 heavy (non-hydrogen) atoms. The molecule has 5 nitrogen and oxygen atoms in total. The van der Waals surface area contributed by atoms with Gasteiger partial charge in [0.1, 0.15) is 0 Å². The molecule has 6 heteroatoms. The molecule has 0 saturated carbocycles. The summed E-state index contributed by atoms with van der Waals surface area (Å²) in [5.41, 5.74) is 0. The van der Waals surface area contributed by atoms with Gasteiger partial charge in [0.05, 0.1) is 0 Å². The number of rotatable bonds is 20. The molecule has 0 aliphatic heterocycles. The highest BCUT2D eigenvalue weighted by Gasteiger charge is 2.06. The third-order valence-corrected chi connectivity index (χ3v) is 6.02. The highest BCUT2D eigenvalue weighted by Crippen LogP contribution is 2.10. The lowest BCUT2D eigenvalue weighted by molar-refractivity contribution is -0.120. The van der Waals surface area contributed by atoms with Gasteiger partial charge in [-0.1, -0.05) is 90.4 Å². The van der Waals surface area contributed by atoms with E-state index in [9.17, 15) is 13.8 Å². The summed E-state index contributed by atoms with van der Waals surface area (Å²) in [5, 5.41) is 5.20. The summed E-state index contributed by atoms with van der Waals surface area (Å²) < 4.78 is 11.0. The van der Waals surface area contributed by atoms with Crippen LogP contribution in [0.2, 0.25) is 0 Å². The molecule has 0 aliphatic rings. The highest BCUT2D eigenvalue weighted by atomic mass is 32.2. The molecule has 172 valence electrons.